The second-order valence-corrected chi connectivity index (χ2v) is 3.80. The van der Waals surface area contributed by atoms with Gasteiger partial charge in [0.25, 0.3) is 0 Å². The normalized spacial score (nSPS) is 10.6. The summed E-state index contributed by atoms with van der Waals surface area (Å²) in [5, 5.41) is 12.7. The molecule has 1 N–H and O–H groups in total. The number of aliphatic hydroxyl groups excluding tert-OH is 1. The molecule has 0 aliphatic heterocycles. The Morgan fingerprint density at radius 2 is 2.28 bits per heavy atom. The third-order valence-electron chi connectivity index (χ3n) is 2.42. The van der Waals surface area contributed by atoms with Gasteiger partial charge in [-0.2, -0.15) is 4.98 Å². The molecular weight excluding hydrogens is 232 g/mol. The fraction of sp³-hybridized carbons (Fsp3) is 0.385. The van der Waals surface area contributed by atoms with Gasteiger partial charge in [0.2, 0.25) is 11.7 Å². The van der Waals surface area contributed by atoms with Crippen LogP contribution in [0.5, 0.6) is 5.75 Å². The fourth-order valence-electron chi connectivity index (χ4n) is 1.60. The number of aromatic nitrogens is 2. The summed E-state index contributed by atoms with van der Waals surface area (Å²) in [5.41, 5.74) is 0.861. The SMILES string of the molecule is CCOc1cccc(-c2noc(CCCO)n2)c1. The van der Waals surface area contributed by atoms with E-state index in [4.69, 9.17) is 14.4 Å². The van der Waals surface area contributed by atoms with Gasteiger partial charge in [0.15, 0.2) is 0 Å². The number of nitrogens with zero attached hydrogens (tertiary/aromatic N) is 2. The highest BCUT2D eigenvalue weighted by atomic mass is 16.5. The van der Waals surface area contributed by atoms with Crippen molar-refractivity contribution in [2.45, 2.75) is 19.8 Å². The van der Waals surface area contributed by atoms with Crippen molar-refractivity contribution in [3.05, 3.63) is 30.2 Å². The van der Waals surface area contributed by atoms with Crippen molar-refractivity contribution in [3.8, 4) is 17.1 Å². The molecule has 5 heteroatoms. The molecule has 1 aromatic heterocycles. The van der Waals surface area contributed by atoms with Gasteiger partial charge < -0.3 is 14.4 Å². The molecule has 96 valence electrons. The van der Waals surface area contributed by atoms with Crippen LogP contribution >= 0.6 is 0 Å². The smallest absolute Gasteiger partial charge is 0.227 e. The Bertz CT molecular complexity index is 496. The van der Waals surface area contributed by atoms with Crippen LogP contribution in [-0.4, -0.2) is 28.5 Å². The molecule has 0 aliphatic rings. The third kappa shape index (κ3) is 3.07. The molecule has 0 bridgehead atoms. The van der Waals surface area contributed by atoms with Gasteiger partial charge in [0.05, 0.1) is 6.61 Å². The first-order chi connectivity index (χ1) is 8.83. The molecule has 5 nitrogen and oxygen atoms in total. The van der Waals surface area contributed by atoms with Crippen LogP contribution < -0.4 is 4.74 Å². The number of aryl methyl sites for hydroxylation is 1. The van der Waals surface area contributed by atoms with Crippen LogP contribution in [0.2, 0.25) is 0 Å². The monoisotopic (exact) mass is 248 g/mol. The maximum atomic E-state index is 8.74. The van der Waals surface area contributed by atoms with Gasteiger partial charge in [0.1, 0.15) is 5.75 Å². The van der Waals surface area contributed by atoms with Gasteiger partial charge in [-0.1, -0.05) is 17.3 Å². The molecule has 0 atom stereocenters. The van der Waals surface area contributed by atoms with Crippen LogP contribution in [0, 0.1) is 0 Å². The molecular formula is C13H16N2O3. The fourth-order valence-corrected chi connectivity index (χ4v) is 1.60. The van der Waals surface area contributed by atoms with Crippen LogP contribution in [0.3, 0.4) is 0 Å². The van der Waals surface area contributed by atoms with Crippen LogP contribution in [0.15, 0.2) is 28.8 Å². The van der Waals surface area contributed by atoms with E-state index < -0.39 is 0 Å². The van der Waals surface area contributed by atoms with Crippen molar-refractivity contribution >= 4 is 0 Å². The number of ether oxygens (including phenoxy) is 1. The van der Waals surface area contributed by atoms with Crippen LogP contribution in [0.25, 0.3) is 11.4 Å². The average molecular weight is 248 g/mol. The van der Waals surface area contributed by atoms with E-state index in [2.05, 4.69) is 10.1 Å². The third-order valence-corrected chi connectivity index (χ3v) is 2.42. The summed E-state index contributed by atoms with van der Waals surface area (Å²) in [7, 11) is 0. The lowest BCUT2D eigenvalue weighted by Crippen LogP contribution is -1.92. The van der Waals surface area contributed by atoms with E-state index in [0.717, 1.165) is 11.3 Å². The zero-order chi connectivity index (χ0) is 12.8. The highest BCUT2D eigenvalue weighted by molar-refractivity contribution is 5.56. The molecule has 1 aromatic carbocycles. The first kappa shape index (κ1) is 12.6. The Hall–Kier alpha value is -1.88. The Morgan fingerprint density at radius 1 is 1.39 bits per heavy atom. The number of hydrogen-bond donors (Lipinski definition) is 1. The summed E-state index contributed by atoms with van der Waals surface area (Å²) in [5.74, 6) is 1.88. The Labute approximate surface area is 105 Å². The minimum atomic E-state index is 0.123. The van der Waals surface area contributed by atoms with Gasteiger partial charge >= 0.3 is 0 Å². The maximum Gasteiger partial charge on any atom is 0.227 e. The molecule has 0 radical (unpaired) electrons. The molecule has 0 saturated heterocycles. The molecule has 2 aromatic rings. The predicted octanol–water partition coefficient (Wildman–Crippen LogP) is 2.06. The van der Waals surface area contributed by atoms with E-state index in [-0.39, 0.29) is 6.61 Å². The summed E-state index contributed by atoms with van der Waals surface area (Å²) in [6.07, 6.45) is 1.22. The first-order valence-electron chi connectivity index (χ1n) is 6.00. The maximum absolute atomic E-state index is 8.74. The minimum Gasteiger partial charge on any atom is -0.494 e. The highest BCUT2D eigenvalue weighted by Crippen LogP contribution is 2.21. The van der Waals surface area contributed by atoms with Gasteiger partial charge in [-0.3, -0.25) is 0 Å². The second-order valence-electron chi connectivity index (χ2n) is 3.80. The van der Waals surface area contributed by atoms with Gasteiger partial charge in [-0.05, 0) is 25.5 Å². The molecule has 0 unspecified atom stereocenters. The van der Waals surface area contributed by atoms with Crippen LogP contribution in [-0.2, 0) is 6.42 Å². The number of rotatable bonds is 6. The zero-order valence-electron chi connectivity index (χ0n) is 10.3. The van der Waals surface area contributed by atoms with Crippen molar-refractivity contribution in [1.29, 1.82) is 0 Å². The largest absolute Gasteiger partial charge is 0.494 e. The lowest BCUT2D eigenvalue weighted by atomic mass is 10.2. The Morgan fingerprint density at radius 3 is 3.06 bits per heavy atom. The Balaban J connectivity index is 2.15. The summed E-state index contributed by atoms with van der Waals surface area (Å²) in [4.78, 5) is 4.27. The van der Waals surface area contributed by atoms with E-state index in [1.807, 2.05) is 31.2 Å². The number of benzene rings is 1. The van der Waals surface area contributed by atoms with Crippen molar-refractivity contribution < 1.29 is 14.4 Å². The van der Waals surface area contributed by atoms with Crippen molar-refractivity contribution in [2.24, 2.45) is 0 Å². The van der Waals surface area contributed by atoms with Crippen LogP contribution in [0.4, 0.5) is 0 Å². The van der Waals surface area contributed by atoms with Crippen LogP contribution in [0.1, 0.15) is 19.2 Å². The predicted molar refractivity (Wildman–Crippen MR) is 66.3 cm³/mol. The van der Waals surface area contributed by atoms with E-state index in [1.165, 1.54) is 0 Å². The van der Waals surface area contributed by atoms with Crippen molar-refractivity contribution in [2.75, 3.05) is 13.2 Å². The van der Waals surface area contributed by atoms with Gasteiger partial charge in [0, 0.05) is 18.6 Å². The summed E-state index contributed by atoms with van der Waals surface area (Å²) in [6.45, 7) is 2.68. The molecule has 0 aliphatic carbocycles. The Kier molecular flexibility index (Phi) is 4.30. The summed E-state index contributed by atoms with van der Waals surface area (Å²) in [6, 6.07) is 7.57. The minimum absolute atomic E-state index is 0.123. The second kappa shape index (κ2) is 6.16. The molecule has 1 heterocycles. The van der Waals surface area contributed by atoms with Crippen molar-refractivity contribution in [3.63, 3.8) is 0 Å². The van der Waals surface area contributed by atoms with Gasteiger partial charge in [-0.15, -0.1) is 0 Å². The molecule has 18 heavy (non-hydrogen) atoms. The lowest BCUT2D eigenvalue weighted by molar-refractivity contribution is 0.278. The standard InChI is InChI=1S/C13H16N2O3/c1-2-17-11-6-3-5-10(9-11)13-14-12(18-15-13)7-4-8-16/h3,5-6,9,16H,2,4,7-8H2,1H3. The molecule has 0 spiro atoms. The number of hydrogen-bond acceptors (Lipinski definition) is 5. The molecule has 0 fully saturated rings. The van der Waals surface area contributed by atoms with E-state index in [1.54, 1.807) is 0 Å². The van der Waals surface area contributed by atoms with E-state index >= 15 is 0 Å². The quantitative estimate of drug-likeness (QED) is 0.847. The average Bonchev–Trinajstić information content (AvgIpc) is 2.86. The summed E-state index contributed by atoms with van der Waals surface area (Å²) < 4.78 is 10.5. The zero-order valence-corrected chi connectivity index (χ0v) is 10.3. The summed E-state index contributed by atoms with van der Waals surface area (Å²) >= 11 is 0. The lowest BCUT2D eigenvalue weighted by Gasteiger charge is -2.02. The molecule has 2 rings (SSSR count). The van der Waals surface area contributed by atoms with E-state index in [9.17, 15) is 0 Å². The van der Waals surface area contributed by atoms with E-state index in [0.29, 0.717) is 31.2 Å². The molecule has 0 amide bonds. The van der Waals surface area contributed by atoms with Gasteiger partial charge in [-0.25, -0.2) is 0 Å². The van der Waals surface area contributed by atoms with Crippen molar-refractivity contribution in [1.82, 2.24) is 10.1 Å². The first-order valence-corrected chi connectivity index (χ1v) is 6.00. The topological polar surface area (TPSA) is 68.4 Å². The highest BCUT2D eigenvalue weighted by Gasteiger charge is 2.08. The molecule has 0 saturated carbocycles. The number of aliphatic hydroxyl groups is 1.